The minimum absolute atomic E-state index is 0.0737. The predicted molar refractivity (Wildman–Crippen MR) is 71.8 cm³/mol. The standard InChI is InChI=1S/C15H19NO2/c1-2-10-16-15(17)11-18-14-9-5-7-12-6-3-4-8-13(12)14/h2,5,7,9H,1,3-4,6,8,10-11H2,(H,16,17). The average Bonchev–Trinajstić information content (AvgIpc) is 2.42. The molecule has 1 aromatic carbocycles. The first-order chi connectivity index (χ1) is 8.81. The molecule has 0 aromatic heterocycles. The van der Waals surface area contributed by atoms with E-state index in [1.54, 1.807) is 6.08 Å². The summed E-state index contributed by atoms with van der Waals surface area (Å²) in [6, 6.07) is 6.10. The van der Waals surface area contributed by atoms with Gasteiger partial charge in [0.2, 0.25) is 0 Å². The van der Waals surface area contributed by atoms with E-state index in [-0.39, 0.29) is 12.5 Å². The van der Waals surface area contributed by atoms with Crippen LogP contribution in [-0.2, 0) is 17.6 Å². The average molecular weight is 245 g/mol. The second-order valence-corrected chi connectivity index (χ2v) is 4.48. The molecule has 0 radical (unpaired) electrons. The highest BCUT2D eigenvalue weighted by atomic mass is 16.5. The predicted octanol–water partition coefficient (Wildman–Crippen LogP) is 2.25. The van der Waals surface area contributed by atoms with Crippen LogP contribution in [0.15, 0.2) is 30.9 Å². The zero-order valence-corrected chi connectivity index (χ0v) is 10.6. The zero-order valence-electron chi connectivity index (χ0n) is 10.6. The number of nitrogens with one attached hydrogen (secondary N) is 1. The Labute approximate surface area is 108 Å². The molecule has 0 saturated heterocycles. The van der Waals surface area contributed by atoms with Crippen molar-refractivity contribution in [2.75, 3.05) is 13.2 Å². The minimum Gasteiger partial charge on any atom is -0.483 e. The largest absolute Gasteiger partial charge is 0.483 e. The molecule has 1 aromatic rings. The second-order valence-electron chi connectivity index (χ2n) is 4.48. The molecule has 18 heavy (non-hydrogen) atoms. The molecular weight excluding hydrogens is 226 g/mol. The van der Waals surface area contributed by atoms with Crippen LogP contribution in [0.3, 0.4) is 0 Å². The fourth-order valence-corrected chi connectivity index (χ4v) is 2.26. The topological polar surface area (TPSA) is 38.3 Å². The molecule has 0 atom stereocenters. The lowest BCUT2D eigenvalue weighted by Gasteiger charge is -2.19. The van der Waals surface area contributed by atoms with Crippen LogP contribution in [0.4, 0.5) is 0 Å². The first-order valence-corrected chi connectivity index (χ1v) is 6.42. The lowest BCUT2D eigenvalue weighted by molar-refractivity contribution is -0.122. The zero-order chi connectivity index (χ0) is 12.8. The number of hydrogen-bond donors (Lipinski definition) is 1. The molecule has 1 aliphatic rings. The summed E-state index contributed by atoms with van der Waals surface area (Å²) >= 11 is 0. The lowest BCUT2D eigenvalue weighted by atomic mass is 9.91. The van der Waals surface area contributed by atoms with E-state index in [1.807, 2.05) is 12.1 Å². The molecule has 0 fully saturated rings. The van der Waals surface area contributed by atoms with Gasteiger partial charge < -0.3 is 10.1 Å². The van der Waals surface area contributed by atoms with Crippen LogP contribution in [0.2, 0.25) is 0 Å². The second kappa shape index (κ2) is 6.24. The molecule has 1 N–H and O–H groups in total. The fraction of sp³-hybridized carbons (Fsp3) is 0.400. The third-order valence-corrected chi connectivity index (χ3v) is 3.16. The summed E-state index contributed by atoms with van der Waals surface area (Å²) in [6.45, 7) is 4.11. The molecule has 3 nitrogen and oxygen atoms in total. The highest BCUT2D eigenvalue weighted by molar-refractivity contribution is 5.77. The number of aryl methyl sites for hydroxylation is 1. The summed E-state index contributed by atoms with van der Waals surface area (Å²) in [4.78, 5) is 11.5. The van der Waals surface area contributed by atoms with Crippen LogP contribution in [0.1, 0.15) is 24.0 Å². The van der Waals surface area contributed by atoms with Crippen LogP contribution < -0.4 is 10.1 Å². The first kappa shape index (κ1) is 12.7. The number of benzene rings is 1. The first-order valence-electron chi connectivity index (χ1n) is 6.42. The summed E-state index contributed by atoms with van der Waals surface area (Å²) in [7, 11) is 0. The molecule has 1 amide bonds. The van der Waals surface area contributed by atoms with E-state index in [1.165, 1.54) is 24.0 Å². The van der Waals surface area contributed by atoms with E-state index >= 15 is 0 Å². The summed E-state index contributed by atoms with van der Waals surface area (Å²) in [5.74, 6) is 0.754. The van der Waals surface area contributed by atoms with Crippen LogP contribution in [0.25, 0.3) is 0 Å². The molecule has 0 spiro atoms. The van der Waals surface area contributed by atoms with Crippen molar-refractivity contribution < 1.29 is 9.53 Å². The maximum absolute atomic E-state index is 11.5. The Hall–Kier alpha value is -1.77. The van der Waals surface area contributed by atoms with E-state index in [9.17, 15) is 4.79 Å². The summed E-state index contributed by atoms with van der Waals surface area (Å²) in [5.41, 5.74) is 2.64. The highest BCUT2D eigenvalue weighted by Gasteiger charge is 2.14. The molecule has 0 unspecified atom stereocenters. The molecule has 3 heteroatoms. The molecule has 2 rings (SSSR count). The summed E-state index contributed by atoms with van der Waals surface area (Å²) < 4.78 is 5.62. The van der Waals surface area contributed by atoms with Gasteiger partial charge in [0.25, 0.3) is 5.91 Å². The maximum atomic E-state index is 11.5. The van der Waals surface area contributed by atoms with Gasteiger partial charge in [-0.3, -0.25) is 4.79 Å². The minimum atomic E-state index is -0.108. The van der Waals surface area contributed by atoms with Gasteiger partial charge in [0.05, 0.1) is 0 Å². The summed E-state index contributed by atoms with van der Waals surface area (Å²) in [5, 5.41) is 2.70. The van der Waals surface area contributed by atoms with E-state index in [0.29, 0.717) is 6.54 Å². The highest BCUT2D eigenvalue weighted by Crippen LogP contribution is 2.29. The van der Waals surface area contributed by atoms with Gasteiger partial charge in [-0.1, -0.05) is 18.2 Å². The Balaban J connectivity index is 1.97. The van der Waals surface area contributed by atoms with Crippen LogP contribution in [0.5, 0.6) is 5.75 Å². The van der Waals surface area contributed by atoms with Gasteiger partial charge in [0, 0.05) is 6.54 Å². The number of carbonyl (C=O) groups excluding carboxylic acids is 1. The van der Waals surface area contributed by atoms with E-state index < -0.39 is 0 Å². The Morgan fingerprint density at radius 2 is 2.22 bits per heavy atom. The molecule has 96 valence electrons. The van der Waals surface area contributed by atoms with Gasteiger partial charge in [-0.15, -0.1) is 6.58 Å². The van der Waals surface area contributed by atoms with Gasteiger partial charge in [0.15, 0.2) is 6.61 Å². The summed E-state index contributed by atoms with van der Waals surface area (Å²) in [6.07, 6.45) is 6.28. The van der Waals surface area contributed by atoms with E-state index in [0.717, 1.165) is 18.6 Å². The van der Waals surface area contributed by atoms with Crippen molar-refractivity contribution in [2.45, 2.75) is 25.7 Å². The number of rotatable bonds is 5. The Morgan fingerprint density at radius 3 is 3.06 bits per heavy atom. The smallest absolute Gasteiger partial charge is 0.258 e. The molecule has 0 bridgehead atoms. The number of carbonyl (C=O) groups is 1. The van der Waals surface area contributed by atoms with Crippen LogP contribution in [-0.4, -0.2) is 19.1 Å². The molecule has 0 saturated carbocycles. The Kier molecular flexibility index (Phi) is 4.40. The van der Waals surface area contributed by atoms with E-state index in [2.05, 4.69) is 18.0 Å². The monoisotopic (exact) mass is 245 g/mol. The van der Waals surface area contributed by atoms with Crippen molar-refractivity contribution in [3.63, 3.8) is 0 Å². The molecule has 0 heterocycles. The quantitative estimate of drug-likeness (QED) is 0.808. The van der Waals surface area contributed by atoms with Crippen molar-refractivity contribution in [1.29, 1.82) is 0 Å². The van der Waals surface area contributed by atoms with Gasteiger partial charge in [-0.25, -0.2) is 0 Å². The van der Waals surface area contributed by atoms with Crippen molar-refractivity contribution in [1.82, 2.24) is 5.32 Å². The van der Waals surface area contributed by atoms with Crippen molar-refractivity contribution in [2.24, 2.45) is 0 Å². The normalized spacial score (nSPS) is 13.6. The third kappa shape index (κ3) is 3.13. The number of hydrogen-bond acceptors (Lipinski definition) is 2. The number of fused-ring (bicyclic) bond motifs is 1. The molecule has 1 aliphatic carbocycles. The van der Waals surface area contributed by atoms with Crippen molar-refractivity contribution in [3.05, 3.63) is 42.0 Å². The van der Waals surface area contributed by atoms with Crippen molar-refractivity contribution in [3.8, 4) is 5.75 Å². The third-order valence-electron chi connectivity index (χ3n) is 3.16. The maximum Gasteiger partial charge on any atom is 0.258 e. The molecule has 0 aliphatic heterocycles. The fourth-order valence-electron chi connectivity index (χ4n) is 2.26. The van der Waals surface area contributed by atoms with Crippen LogP contribution in [0, 0.1) is 0 Å². The van der Waals surface area contributed by atoms with Gasteiger partial charge in [-0.05, 0) is 42.9 Å². The molecular formula is C15H19NO2. The SMILES string of the molecule is C=CCNC(=O)COc1cccc2c1CCCC2. The van der Waals surface area contributed by atoms with E-state index in [4.69, 9.17) is 4.74 Å². The van der Waals surface area contributed by atoms with Crippen molar-refractivity contribution >= 4 is 5.91 Å². The van der Waals surface area contributed by atoms with Crippen LogP contribution >= 0.6 is 0 Å². The Bertz CT molecular complexity index is 440. The Morgan fingerprint density at radius 1 is 1.39 bits per heavy atom. The van der Waals surface area contributed by atoms with Gasteiger partial charge in [0.1, 0.15) is 5.75 Å². The van der Waals surface area contributed by atoms with Gasteiger partial charge in [-0.2, -0.15) is 0 Å². The number of amides is 1. The number of ether oxygens (including phenoxy) is 1. The lowest BCUT2D eigenvalue weighted by Crippen LogP contribution is -2.29. The van der Waals surface area contributed by atoms with Gasteiger partial charge >= 0.3 is 0 Å².